The summed E-state index contributed by atoms with van der Waals surface area (Å²) >= 11 is 0. The molecule has 3 rings (SSSR count). The van der Waals surface area contributed by atoms with Gasteiger partial charge in [0.15, 0.2) is 11.5 Å². The minimum absolute atomic E-state index is 0.257. The Hall–Kier alpha value is -2.63. The summed E-state index contributed by atoms with van der Waals surface area (Å²) in [6.45, 7) is 0.499. The third-order valence-corrected chi connectivity index (χ3v) is 2.76. The van der Waals surface area contributed by atoms with Crippen molar-refractivity contribution in [3.8, 4) is 6.01 Å². The van der Waals surface area contributed by atoms with Gasteiger partial charge in [0.1, 0.15) is 5.52 Å². The van der Waals surface area contributed by atoms with Gasteiger partial charge in [-0.15, -0.1) is 0 Å². The summed E-state index contributed by atoms with van der Waals surface area (Å²) in [5.41, 5.74) is 8.14. The Bertz CT molecular complexity index is 680. The van der Waals surface area contributed by atoms with E-state index >= 15 is 0 Å². The van der Waals surface area contributed by atoms with Crippen molar-refractivity contribution in [2.45, 2.75) is 6.42 Å². The van der Waals surface area contributed by atoms with E-state index < -0.39 is 0 Å². The summed E-state index contributed by atoms with van der Waals surface area (Å²) in [5, 5.41) is 0. The van der Waals surface area contributed by atoms with Crippen molar-refractivity contribution in [3.05, 3.63) is 42.2 Å². The smallest absolute Gasteiger partial charge is 0.320 e. The van der Waals surface area contributed by atoms with Gasteiger partial charge in [0.25, 0.3) is 0 Å². The van der Waals surface area contributed by atoms with Crippen molar-refractivity contribution >= 4 is 17.0 Å². The third-order valence-electron chi connectivity index (χ3n) is 2.76. The Kier molecular flexibility index (Phi) is 2.97. The van der Waals surface area contributed by atoms with Crippen molar-refractivity contribution in [1.82, 2.24) is 19.9 Å². The lowest BCUT2D eigenvalue weighted by atomic mass is 10.2. The second-order valence-electron chi connectivity index (χ2n) is 4.08. The minimum atomic E-state index is 0.257. The highest BCUT2D eigenvalue weighted by atomic mass is 16.5. The van der Waals surface area contributed by atoms with Gasteiger partial charge in [-0.05, 0) is 5.56 Å². The topological polar surface area (TPSA) is 89.7 Å². The van der Waals surface area contributed by atoms with Crippen LogP contribution < -0.4 is 10.5 Å². The zero-order valence-corrected chi connectivity index (χ0v) is 10.2. The first-order chi connectivity index (χ1) is 9.33. The van der Waals surface area contributed by atoms with E-state index in [1.165, 1.54) is 11.9 Å². The monoisotopic (exact) mass is 255 g/mol. The number of anilines is 1. The predicted molar refractivity (Wildman–Crippen MR) is 71.7 cm³/mol. The Morgan fingerprint density at radius 2 is 2.00 bits per heavy atom. The predicted octanol–water partition coefficient (Wildman–Crippen LogP) is 1.56. The average Bonchev–Trinajstić information content (AvgIpc) is 2.89. The SMILES string of the molecule is Nc1nc(OCCc2ccccc2)nc2nc[nH]c12. The molecular formula is C13H13N5O. The molecule has 0 radical (unpaired) electrons. The van der Waals surface area contributed by atoms with Crippen LogP contribution in [-0.2, 0) is 6.42 Å². The molecule has 1 aromatic carbocycles. The summed E-state index contributed by atoms with van der Waals surface area (Å²) in [6, 6.07) is 10.3. The number of nitrogens with one attached hydrogen (secondary N) is 1. The summed E-state index contributed by atoms with van der Waals surface area (Å²) < 4.78 is 5.51. The minimum Gasteiger partial charge on any atom is -0.463 e. The zero-order chi connectivity index (χ0) is 13.1. The number of hydrogen-bond acceptors (Lipinski definition) is 5. The van der Waals surface area contributed by atoms with Gasteiger partial charge >= 0.3 is 6.01 Å². The summed E-state index contributed by atoms with van der Waals surface area (Å²) in [7, 11) is 0. The van der Waals surface area contributed by atoms with E-state index in [1.807, 2.05) is 18.2 Å². The van der Waals surface area contributed by atoms with Crippen LogP contribution in [0.5, 0.6) is 6.01 Å². The highest BCUT2D eigenvalue weighted by Crippen LogP contribution is 2.16. The van der Waals surface area contributed by atoms with E-state index in [-0.39, 0.29) is 6.01 Å². The molecule has 0 aliphatic rings. The highest BCUT2D eigenvalue weighted by Gasteiger charge is 2.07. The zero-order valence-electron chi connectivity index (χ0n) is 10.2. The second kappa shape index (κ2) is 4.93. The van der Waals surface area contributed by atoms with E-state index in [0.717, 1.165) is 6.42 Å². The summed E-state index contributed by atoms with van der Waals surface area (Å²) in [5.74, 6) is 0.345. The summed E-state index contributed by atoms with van der Waals surface area (Å²) in [4.78, 5) is 15.2. The number of fused-ring (bicyclic) bond motifs is 1. The molecule has 0 amide bonds. The van der Waals surface area contributed by atoms with Crippen LogP contribution >= 0.6 is 0 Å². The molecular weight excluding hydrogens is 242 g/mol. The molecule has 2 heterocycles. The molecule has 0 unspecified atom stereocenters. The third kappa shape index (κ3) is 2.47. The Labute approximate surface area is 109 Å². The molecule has 0 saturated carbocycles. The van der Waals surface area contributed by atoms with Gasteiger partial charge in [0.05, 0.1) is 12.9 Å². The van der Waals surface area contributed by atoms with E-state index in [0.29, 0.717) is 23.6 Å². The number of benzene rings is 1. The summed E-state index contributed by atoms with van der Waals surface area (Å²) in [6.07, 6.45) is 2.33. The molecule has 0 spiro atoms. The molecule has 96 valence electrons. The lowest BCUT2D eigenvalue weighted by Gasteiger charge is -2.05. The first-order valence-corrected chi connectivity index (χ1v) is 5.96. The van der Waals surface area contributed by atoms with Crippen molar-refractivity contribution < 1.29 is 4.74 Å². The van der Waals surface area contributed by atoms with Gasteiger partial charge in [-0.1, -0.05) is 30.3 Å². The van der Waals surface area contributed by atoms with Gasteiger partial charge in [0.2, 0.25) is 0 Å². The van der Waals surface area contributed by atoms with Crippen LogP contribution in [0.1, 0.15) is 5.56 Å². The lowest BCUT2D eigenvalue weighted by molar-refractivity contribution is 0.298. The average molecular weight is 255 g/mol. The van der Waals surface area contributed by atoms with Crippen molar-refractivity contribution in [2.24, 2.45) is 0 Å². The number of rotatable bonds is 4. The van der Waals surface area contributed by atoms with Crippen LogP contribution in [0.25, 0.3) is 11.2 Å². The van der Waals surface area contributed by atoms with Crippen LogP contribution in [0.15, 0.2) is 36.7 Å². The fourth-order valence-corrected chi connectivity index (χ4v) is 1.80. The number of H-pyrrole nitrogens is 1. The number of nitrogen functional groups attached to an aromatic ring is 1. The fraction of sp³-hybridized carbons (Fsp3) is 0.154. The first kappa shape index (κ1) is 11.5. The van der Waals surface area contributed by atoms with Crippen LogP contribution in [0.2, 0.25) is 0 Å². The maximum Gasteiger partial charge on any atom is 0.320 e. The molecule has 0 aliphatic carbocycles. The standard InChI is InChI=1S/C13H13N5O/c14-11-10-12(16-8-15-10)18-13(17-11)19-7-6-9-4-2-1-3-5-9/h1-5,8H,6-7H2,(H3,14,15,16,17,18). The number of aromatic nitrogens is 4. The molecule has 19 heavy (non-hydrogen) atoms. The van der Waals surface area contributed by atoms with Gasteiger partial charge < -0.3 is 15.5 Å². The van der Waals surface area contributed by atoms with Gasteiger partial charge in [0, 0.05) is 6.42 Å². The molecule has 0 bridgehead atoms. The van der Waals surface area contributed by atoms with Crippen LogP contribution in [0, 0.1) is 0 Å². The normalized spacial score (nSPS) is 10.7. The Balaban J connectivity index is 1.68. The molecule has 0 aliphatic heterocycles. The fourth-order valence-electron chi connectivity index (χ4n) is 1.80. The number of nitrogens with two attached hydrogens (primary N) is 1. The van der Waals surface area contributed by atoms with Crippen LogP contribution in [0.4, 0.5) is 5.82 Å². The lowest BCUT2D eigenvalue weighted by Crippen LogP contribution is -2.06. The second-order valence-corrected chi connectivity index (χ2v) is 4.08. The van der Waals surface area contributed by atoms with Crippen molar-refractivity contribution in [3.63, 3.8) is 0 Å². The first-order valence-electron chi connectivity index (χ1n) is 5.96. The Morgan fingerprint density at radius 3 is 2.84 bits per heavy atom. The largest absolute Gasteiger partial charge is 0.463 e. The van der Waals surface area contributed by atoms with E-state index in [2.05, 4.69) is 32.1 Å². The number of hydrogen-bond donors (Lipinski definition) is 2. The maximum absolute atomic E-state index is 5.78. The number of aromatic amines is 1. The van der Waals surface area contributed by atoms with E-state index in [4.69, 9.17) is 10.5 Å². The molecule has 6 heteroatoms. The van der Waals surface area contributed by atoms with Crippen LogP contribution in [0.3, 0.4) is 0 Å². The molecule has 0 fully saturated rings. The quantitative estimate of drug-likeness (QED) is 0.738. The van der Waals surface area contributed by atoms with Crippen molar-refractivity contribution in [1.29, 1.82) is 0 Å². The van der Waals surface area contributed by atoms with Crippen LogP contribution in [-0.4, -0.2) is 26.5 Å². The van der Waals surface area contributed by atoms with Gasteiger partial charge in [-0.3, -0.25) is 0 Å². The molecule has 2 aromatic heterocycles. The molecule has 3 aromatic rings. The van der Waals surface area contributed by atoms with E-state index in [1.54, 1.807) is 0 Å². The number of ether oxygens (including phenoxy) is 1. The molecule has 3 N–H and O–H groups in total. The number of imidazole rings is 1. The van der Waals surface area contributed by atoms with Crippen molar-refractivity contribution in [2.75, 3.05) is 12.3 Å². The highest BCUT2D eigenvalue weighted by molar-refractivity contribution is 5.81. The molecule has 0 atom stereocenters. The Morgan fingerprint density at radius 1 is 1.16 bits per heavy atom. The molecule has 6 nitrogen and oxygen atoms in total. The molecule has 0 saturated heterocycles. The number of nitrogens with zero attached hydrogens (tertiary/aromatic N) is 3. The van der Waals surface area contributed by atoms with Gasteiger partial charge in [-0.2, -0.15) is 9.97 Å². The van der Waals surface area contributed by atoms with E-state index in [9.17, 15) is 0 Å². The maximum atomic E-state index is 5.78. The van der Waals surface area contributed by atoms with Gasteiger partial charge in [-0.25, -0.2) is 4.98 Å².